The Morgan fingerprint density at radius 1 is 0.958 bits per heavy atom. The molecule has 3 aromatic carbocycles. The molecule has 0 saturated heterocycles. The first-order chi connectivity index (χ1) is 11.5. The van der Waals surface area contributed by atoms with Gasteiger partial charge in [0.15, 0.2) is 23.7 Å². The molecule has 0 heterocycles. The maximum absolute atomic E-state index is 13.5. The normalized spacial score (nSPS) is 11.0. The van der Waals surface area contributed by atoms with E-state index < -0.39 is 17.5 Å². The topological polar surface area (TPSA) is 17.1 Å². The molecule has 0 unspecified atom stereocenters. The van der Waals surface area contributed by atoms with Gasteiger partial charge in [0.2, 0.25) is 0 Å². The molecule has 0 saturated carbocycles. The maximum atomic E-state index is 13.5. The van der Waals surface area contributed by atoms with E-state index >= 15 is 0 Å². The Labute approximate surface area is 137 Å². The Hall–Kier alpha value is -2.62. The lowest BCUT2D eigenvalue weighted by atomic mass is 9.93. The molecule has 122 valence electrons. The van der Waals surface area contributed by atoms with Crippen molar-refractivity contribution in [3.8, 4) is 11.1 Å². The number of aldehydes is 1. The molecule has 1 nitrogen and oxygen atoms in total. The molecule has 0 amide bonds. The summed E-state index contributed by atoms with van der Waals surface area (Å²) >= 11 is 0. The predicted molar refractivity (Wildman–Crippen MR) is 88.6 cm³/mol. The molecule has 0 aliphatic heterocycles. The van der Waals surface area contributed by atoms with Crippen LogP contribution in [0.5, 0.6) is 0 Å². The van der Waals surface area contributed by atoms with E-state index in [2.05, 4.69) is 6.92 Å². The van der Waals surface area contributed by atoms with Crippen molar-refractivity contribution in [2.45, 2.75) is 19.8 Å². The van der Waals surface area contributed by atoms with E-state index in [4.69, 9.17) is 0 Å². The minimum atomic E-state index is -1.52. The van der Waals surface area contributed by atoms with Crippen LogP contribution in [0, 0.1) is 17.5 Å². The number of aryl methyl sites for hydroxylation is 1. The van der Waals surface area contributed by atoms with Crippen molar-refractivity contribution in [1.82, 2.24) is 0 Å². The largest absolute Gasteiger partial charge is 0.298 e. The number of rotatable bonds is 4. The van der Waals surface area contributed by atoms with Crippen LogP contribution in [-0.2, 0) is 6.42 Å². The van der Waals surface area contributed by atoms with Crippen LogP contribution < -0.4 is 0 Å². The number of hydrogen-bond acceptors (Lipinski definition) is 1. The molecule has 4 heteroatoms. The van der Waals surface area contributed by atoms with Crippen LogP contribution in [0.1, 0.15) is 29.3 Å². The number of fused-ring (bicyclic) bond motifs is 1. The van der Waals surface area contributed by atoms with E-state index in [1.807, 2.05) is 18.2 Å². The molecular formula is C20H15F3O. The first-order valence-corrected chi connectivity index (χ1v) is 7.71. The average Bonchev–Trinajstić information content (AvgIpc) is 2.58. The van der Waals surface area contributed by atoms with Gasteiger partial charge in [-0.1, -0.05) is 43.7 Å². The summed E-state index contributed by atoms with van der Waals surface area (Å²) in [6.07, 6.45) is 2.61. The highest BCUT2D eigenvalue weighted by Crippen LogP contribution is 2.31. The van der Waals surface area contributed by atoms with E-state index in [9.17, 15) is 18.0 Å². The van der Waals surface area contributed by atoms with Crippen LogP contribution >= 0.6 is 0 Å². The highest BCUT2D eigenvalue weighted by Gasteiger charge is 2.15. The molecule has 0 aromatic heterocycles. The van der Waals surface area contributed by atoms with Crippen LogP contribution in [0.15, 0.2) is 42.5 Å². The summed E-state index contributed by atoms with van der Waals surface area (Å²) in [5.74, 6) is -4.07. The molecule has 3 rings (SSSR count). The van der Waals surface area contributed by atoms with Gasteiger partial charge < -0.3 is 0 Å². The third-order valence-corrected chi connectivity index (χ3v) is 4.08. The van der Waals surface area contributed by atoms with Gasteiger partial charge in [0.25, 0.3) is 0 Å². The van der Waals surface area contributed by atoms with Crippen molar-refractivity contribution < 1.29 is 18.0 Å². The Morgan fingerprint density at radius 2 is 1.67 bits per heavy atom. The number of benzene rings is 3. The van der Waals surface area contributed by atoms with E-state index in [0.29, 0.717) is 22.8 Å². The number of carbonyl (C=O) groups is 1. The molecule has 0 fully saturated rings. The summed E-state index contributed by atoms with van der Waals surface area (Å²) in [5.41, 5.74) is 2.00. The summed E-state index contributed by atoms with van der Waals surface area (Å²) in [5, 5.41) is 1.59. The van der Waals surface area contributed by atoms with Gasteiger partial charge in [0.05, 0.1) is 0 Å². The van der Waals surface area contributed by atoms with Crippen LogP contribution in [0.25, 0.3) is 21.9 Å². The van der Waals surface area contributed by atoms with Gasteiger partial charge in [-0.25, -0.2) is 13.2 Å². The minimum absolute atomic E-state index is 0.132. The Bertz CT molecular complexity index is 909. The lowest BCUT2D eigenvalue weighted by Crippen LogP contribution is -1.95. The van der Waals surface area contributed by atoms with Gasteiger partial charge in [0, 0.05) is 5.56 Å². The maximum Gasteiger partial charge on any atom is 0.194 e. The van der Waals surface area contributed by atoms with Crippen molar-refractivity contribution in [2.24, 2.45) is 0 Å². The van der Waals surface area contributed by atoms with Crippen molar-refractivity contribution in [3.63, 3.8) is 0 Å². The fraction of sp³-hybridized carbons (Fsp3) is 0.150. The lowest BCUT2D eigenvalue weighted by molar-refractivity contribution is 0.112. The van der Waals surface area contributed by atoms with Gasteiger partial charge >= 0.3 is 0 Å². The summed E-state index contributed by atoms with van der Waals surface area (Å²) in [7, 11) is 0. The second-order valence-electron chi connectivity index (χ2n) is 5.70. The fourth-order valence-electron chi connectivity index (χ4n) is 2.94. The Morgan fingerprint density at radius 3 is 2.29 bits per heavy atom. The average molecular weight is 328 g/mol. The van der Waals surface area contributed by atoms with Gasteiger partial charge in [-0.15, -0.1) is 0 Å². The quantitative estimate of drug-likeness (QED) is 0.444. The van der Waals surface area contributed by atoms with E-state index in [-0.39, 0.29) is 5.56 Å². The second-order valence-corrected chi connectivity index (χ2v) is 5.70. The van der Waals surface area contributed by atoms with Gasteiger partial charge in [-0.2, -0.15) is 0 Å². The monoisotopic (exact) mass is 328 g/mol. The van der Waals surface area contributed by atoms with Gasteiger partial charge in [-0.3, -0.25) is 4.79 Å². The van der Waals surface area contributed by atoms with Crippen LogP contribution in [0.2, 0.25) is 0 Å². The Balaban J connectivity index is 2.22. The third kappa shape index (κ3) is 2.80. The van der Waals surface area contributed by atoms with Gasteiger partial charge in [0.1, 0.15) is 0 Å². The zero-order valence-electron chi connectivity index (χ0n) is 13.1. The lowest BCUT2D eigenvalue weighted by Gasteiger charge is -2.11. The first kappa shape index (κ1) is 16.2. The minimum Gasteiger partial charge on any atom is -0.298 e. The predicted octanol–water partition coefficient (Wildman–Crippen LogP) is 5.69. The first-order valence-electron chi connectivity index (χ1n) is 7.71. The van der Waals surface area contributed by atoms with Crippen LogP contribution in [0.3, 0.4) is 0 Å². The standard InChI is InChI=1S/C20H15F3O/c1-2-3-12-4-6-15-13(8-12)5-7-16(17(15)11-24)14-9-18(21)20(23)19(22)10-14/h4-11H,2-3H2,1H3. The summed E-state index contributed by atoms with van der Waals surface area (Å²) in [6.45, 7) is 2.09. The summed E-state index contributed by atoms with van der Waals surface area (Å²) in [6, 6.07) is 11.0. The zero-order valence-corrected chi connectivity index (χ0v) is 13.1. The molecule has 3 aromatic rings. The summed E-state index contributed by atoms with van der Waals surface area (Å²) in [4.78, 5) is 11.6. The number of hydrogen-bond donors (Lipinski definition) is 0. The van der Waals surface area contributed by atoms with Crippen molar-refractivity contribution in [2.75, 3.05) is 0 Å². The van der Waals surface area contributed by atoms with Crippen LogP contribution in [-0.4, -0.2) is 6.29 Å². The third-order valence-electron chi connectivity index (χ3n) is 4.08. The fourth-order valence-corrected chi connectivity index (χ4v) is 2.94. The molecular weight excluding hydrogens is 313 g/mol. The molecule has 0 N–H and O–H groups in total. The molecule has 0 spiro atoms. The molecule has 24 heavy (non-hydrogen) atoms. The molecule has 0 bridgehead atoms. The molecule has 0 aliphatic carbocycles. The van der Waals surface area contributed by atoms with E-state index in [1.165, 1.54) is 0 Å². The van der Waals surface area contributed by atoms with Crippen molar-refractivity contribution in [1.29, 1.82) is 0 Å². The highest BCUT2D eigenvalue weighted by molar-refractivity contribution is 6.04. The Kier molecular flexibility index (Phi) is 4.38. The van der Waals surface area contributed by atoms with E-state index in [0.717, 1.165) is 35.9 Å². The summed E-state index contributed by atoms with van der Waals surface area (Å²) < 4.78 is 40.2. The number of halogens is 3. The smallest absolute Gasteiger partial charge is 0.194 e. The van der Waals surface area contributed by atoms with Gasteiger partial charge in [-0.05, 0) is 46.0 Å². The van der Waals surface area contributed by atoms with Crippen molar-refractivity contribution >= 4 is 17.1 Å². The van der Waals surface area contributed by atoms with Crippen LogP contribution in [0.4, 0.5) is 13.2 Å². The second kappa shape index (κ2) is 6.48. The highest BCUT2D eigenvalue weighted by atomic mass is 19.2. The molecule has 0 atom stereocenters. The zero-order chi connectivity index (χ0) is 17.3. The SMILES string of the molecule is CCCc1ccc2c(C=O)c(-c3cc(F)c(F)c(F)c3)ccc2c1. The van der Waals surface area contributed by atoms with Crippen molar-refractivity contribution in [3.05, 3.63) is 71.0 Å². The van der Waals surface area contributed by atoms with E-state index in [1.54, 1.807) is 12.1 Å². The molecule has 0 aliphatic rings. The number of carbonyl (C=O) groups excluding carboxylic acids is 1. The molecule has 0 radical (unpaired) electrons.